The fraction of sp³-hybridized carbons (Fsp3) is 0.227. The van der Waals surface area contributed by atoms with Crippen LogP contribution in [0, 0.1) is 18.3 Å². The van der Waals surface area contributed by atoms with Gasteiger partial charge in [-0.1, -0.05) is 30.3 Å². The quantitative estimate of drug-likeness (QED) is 0.755. The van der Waals surface area contributed by atoms with Gasteiger partial charge in [0.15, 0.2) is 0 Å². The molecule has 1 fully saturated rings. The Balaban J connectivity index is 1.50. The summed E-state index contributed by atoms with van der Waals surface area (Å²) in [5.41, 5.74) is 2.61. The molecule has 6 nitrogen and oxygen atoms in total. The van der Waals surface area contributed by atoms with Crippen molar-refractivity contribution in [1.82, 2.24) is 9.97 Å². The molecule has 0 amide bonds. The molecule has 0 aliphatic carbocycles. The van der Waals surface area contributed by atoms with Gasteiger partial charge in [-0.3, -0.25) is 0 Å². The summed E-state index contributed by atoms with van der Waals surface area (Å²) in [6, 6.07) is 22.1. The maximum absolute atomic E-state index is 9.29. The molecule has 1 N–H and O–H groups in total. The Kier molecular flexibility index (Phi) is 5.07. The Morgan fingerprint density at radius 3 is 2.32 bits per heavy atom. The second-order valence-corrected chi connectivity index (χ2v) is 6.75. The number of aromatic nitrogens is 2. The van der Waals surface area contributed by atoms with E-state index in [4.69, 9.17) is 0 Å². The molecule has 0 spiro atoms. The lowest BCUT2D eigenvalue weighted by molar-refractivity contribution is 0.646. The molecule has 1 aromatic heterocycles. The number of benzene rings is 2. The van der Waals surface area contributed by atoms with Gasteiger partial charge in [0, 0.05) is 37.9 Å². The summed E-state index contributed by atoms with van der Waals surface area (Å²) < 4.78 is 0. The maximum Gasteiger partial charge on any atom is 0.136 e. The van der Waals surface area contributed by atoms with Crippen molar-refractivity contribution in [2.45, 2.75) is 6.92 Å². The summed E-state index contributed by atoms with van der Waals surface area (Å²) in [6.07, 6.45) is 0. The average Bonchev–Trinajstić information content (AvgIpc) is 2.74. The summed E-state index contributed by atoms with van der Waals surface area (Å²) >= 11 is 0. The minimum atomic E-state index is 0.594. The molecular weight excluding hydrogens is 348 g/mol. The lowest BCUT2D eigenvalue weighted by atomic mass is 10.2. The highest BCUT2D eigenvalue weighted by Gasteiger charge is 2.19. The topological polar surface area (TPSA) is 68.1 Å². The van der Waals surface area contributed by atoms with Gasteiger partial charge in [0.25, 0.3) is 0 Å². The van der Waals surface area contributed by atoms with Crippen LogP contribution >= 0.6 is 0 Å². The highest BCUT2D eigenvalue weighted by molar-refractivity contribution is 5.66. The molecule has 0 bridgehead atoms. The van der Waals surface area contributed by atoms with Crippen LogP contribution in [-0.4, -0.2) is 36.1 Å². The van der Waals surface area contributed by atoms with Crippen LogP contribution < -0.4 is 15.1 Å². The summed E-state index contributed by atoms with van der Waals surface area (Å²) in [5, 5.41) is 12.6. The van der Waals surface area contributed by atoms with Crippen molar-refractivity contribution in [3.05, 3.63) is 72.1 Å². The predicted octanol–water partition coefficient (Wildman–Crippen LogP) is 3.73. The van der Waals surface area contributed by atoms with Gasteiger partial charge in [0.05, 0.1) is 11.3 Å². The third kappa shape index (κ3) is 3.89. The van der Waals surface area contributed by atoms with Crippen molar-refractivity contribution in [1.29, 1.82) is 5.26 Å². The smallest absolute Gasteiger partial charge is 0.136 e. The molecule has 0 unspecified atom stereocenters. The van der Waals surface area contributed by atoms with Gasteiger partial charge in [0.1, 0.15) is 23.5 Å². The molecule has 1 saturated heterocycles. The zero-order valence-electron chi connectivity index (χ0n) is 15.8. The van der Waals surface area contributed by atoms with E-state index in [0.29, 0.717) is 17.2 Å². The molecule has 0 atom stereocenters. The van der Waals surface area contributed by atoms with Crippen molar-refractivity contribution < 1.29 is 0 Å². The molecule has 1 aliphatic heterocycles. The molecule has 3 aromatic rings. The van der Waals surface area contributed by atoms with Crippen molar-refractivity contribution in [3.8, 4) is 6.07 Å². The Bertz CT molecular complexity index is 987. The number of hydrogen-bond acceptors (Lipinski definition) is 6. The van der Waals surface area contributed by atoms with E-state index in [1.807, 2.05) is 37.3 Å². The lowest BCUT2D eigenvalue weighted by Crippen LogP contribution is -2.46. The molecule has 0 saturated carbocycles. The lowest BCUT2D eigenvalue weighted by Gasteiger charge is -2.36. The first-order chi connectivity index (χ1) is 13.7. The fourth-order valence-corrected chi connectivity index (χ4v) is 3.44. The van der Waals surface area contributed by atoms with Gasteiger partial charge < -0.3 is 15.1 Å². The number of aryl methyl sites for hydroxylation is 1. The molecule has 4 rings (SSSR count). The normalized spacial score (nSPS) is 13.9. The number of rotatable bonds is 4. The zero-order valence-corrected chi connectivity index (χ0v) is 15.8. The highest BCUT2D eigenvalue weighted by Crippen LogP contribution is 2.24. The van der Waals surface area contributed by atoms with Gasteiger partial charge in [-0.25, -0.2) is 9.97 Å². The van der Waals surface area contributed by atoms with Gasteiger partial charge in [0.2, 0.25) is 0 Å². The van der Waals surface area contributed by atoms with Crippen LogP contribution in [0.5, 0.6) is 0 Å². The van der Waals surface area contributed by atoms with Crippen LogP contribution in [0.25, 0.3) is 0 Å². The first-order valence-electron chi connectivity index (χ1n) is 9.40. The van der Waals surface area contributed by atoms with E-state index in [-0.39, 0.29) is 0 Å². The first kappa shape index (κ1) is 17.8. The molecular formula is C22H22N6. The first-order valence-corrected chi connectivity index (χ1v) is 9.40. The maximum atomic E-state index is 9.29. The van der Waals surface area contributed by atoms with E-state index in [2.05, 4.69) is 55.4 Å². The van der Waals surface area contributed by atoms with Crippen LogP contribution in [0.3, 0.4) is 0 Å². The average molecular weight is 370 g/mol. The summed E-state index contributed by atoms with van der Waals surface area (Å²) in [5.74, 6) is 2.33. The van der Waals surface area contributed by atoms with E-state index in [0.717, 1.165) is 37.7 Å². The monoisotopic (exact) mass is 370 g/mol. The predicted molar refractivity (Wildman–Crippen MR) is 112 cm³/mol. The van der Waals surface area contributed by atoms with E-state index in [1.54, 1.807) is 6.07 Å². The third-order valence-corrected chi connectivity index (χ3v) is 4.86. The standard InChI is InChI=1S/C22H22N6/c1-17-24-21(26-20-10-6-5-7-18(20)16-23)15-22(25-17)28-13-11-27(12-14-28)19-8-3-2-4-9-19/h2-10,15H,11-14H2,1H3,(H,24,25,26). The summed E-state index contributed by atoms with van der Waals surface area (Å²) in [4.78, 5) is 13.8. The van der Waals surface area contributed by atoms with Gasteiger partial charge in [-0.15, -0.1) is 0 Å². The van der Waals surface area contributed by atoms with E-state index < -0.39 is 0 Å². The van der Waals surface area contributed by atoms with Crippen molar-refractivity contribution in [2.75, 3.05) is 41.3 Å². The Morgan fingerprint density at radius 2 is 1.57 bits per heavy atom. The minimum absolute atomic E-state index is 0.594. The molecule has 28 heavy (non-hydrogen) atoms. The molecule has 2 aromatic carbocycles. The second kappa shape index (κ2) is 7.97. The van der Waals surface area contributed by atoms with Crippen molar-refractivity contribution in [3.63, 3.8) is 0 Å². The Labute approximate surface area is 165 Å². The molecule has 140 valence electrons. The zero-order chi connectivity index (χ0) is 19.3. The van der Waals surface area contributed by atoms with Crippen LogP contribution in [-0.2, 0) is 0 Å². The SMILES string of the molecule is Cc1nc(Nc2ccccc2C#N)cc(N2CCN(c3ccccc3)CC2)n1. The van der Waals surface area contributed by atoms with Gasteiger partial charge in [-0.2, -0.15) is 5.26 Å². The second-order valence-electron chi connectivity index (χ2n) is 6.75. The summed E-state index contributed by atoms with van der Waals surface area (Å²) in [6.45, 7) is 5.60. The number of nitrogens with one attached hydrogen (secondary N) is 1. The van der Waals surface area contributed by atoms with Crippen LogP contribution in [0.15, 0.2) is 60.7 Å². The van der Waals surface area contributed by atoms with E-state index in [9.17, 15) is 5.26 Å². The number of anilines is 4. The van der Waals surface area contributed by atoms with E-state index in [1.165, 1.54) is 5.69 Å². The largest absolute Gasteiger partial charge is 0.368 e. The van der Waals surface area contributed by atoms with Crippen molar-refractivity contribution in [2.24, 2.45) is 0 Å². The van der Waals surface area contributed by atoms with Gasteiger partial charge >= 0.3 is 0 Å². The number of piperazine rings is 1. The fourth-order valence-electron chi connectivity index (χ4n) is 3.44. The Morgan fingerprint density at radius 1 is 0.893 bits per heavy atom. The van der Waals surface area contributed by atoms with E-state index >= 15 is 0 Å². The Hall–Kier alpha value is -3.59. The van der Waals surface area contributed by atoms with Gasteiger partial charge in [-0.05, 0) is 31.2 Å². The number of hydrogen-bond donors (Lipinski definition) is 1. The third-order valence-electron chi connectivity index (χ3n) is 4.86. The molecule has 2 heterocycles. The molecule has 1 aliphatic rings. The molecule has 0 radical (unpaired) electrons. The van der Waals surface area contributed by atoms with Crippen LogP contribution in [0.4, 0.5) is 23.0 Å². The number of para-hydroxylation sites is 2. The number of nitriles is 1. The number of nitrogens with zero attached hydrogens (tertiary/aromatic N) is 5. The minimum Gasteiger partial charge on any atom is -0.368 e. The van der Waals surface area contributed by atoms with Crippen LogP contribution in [0.1, 0.15) is 11.4 Å². The van der Waals surface area contributed by atoms with Crippen LogP contribution in [0.2, 0.25) is 0 Å². The summed E-state index contributed by atoms with van der Waals surface area (Å²) in [7, 11) is 0. The highest BCUT2D eigenvalue weighted by atomic mass is 15.3. The molecule has 6 heteroatoms. The van der Waals surface area contributed by atoms with Crippen molar-refractivity contribution >= 4 is 23.0 Å².